The number of hydroxylamine groups is 1. The molecule has 0 radical (unpaired) electrons. The number of rotatable bonds is 8. The second-order valence-electron chi connectivity index (χ2n) is 7.58. The van der Waals surface area contributed by atoms with Gasteiger partial charge in [-0.05, 0) is 40.6 Å². The molecule has 1 aromatic heterocycles. The van der Waals surface area contributed by atoms with Crippen LogP contribution < -0.4 is 10.8 Å². The van der Waals surface area contributed by atoms with Crippen molar-refractivity contribution in [2.75, 3.05) is 6.54 Å². The molecule has 3 aromatic carbocycles. The molecule has 1 atom stereocenters. The molecule has 3 N–H and O–H groups in total. The van der Waals surface area contributed by atoms with E-state index >= 15 is 0 Å². The number of hydrogen-bond acceptors (Lipinski definition) is 5. The van der Waals surface area contributed by atoms with Gasteiger partial charge in [-0.3, -0.25) is 14.8 Å². The fraction of sp³-hybridized carbons (Fsp3) is 0.167. The molecule has 33 heavy (non-hydrogen) atoms. The maximum absolute atomic E-state index is 13.0. The highest BCUT2D eigenvalue weighted by Gasteiger charge is 2.22. The normalized spacial score (nSPS) is 11.8. The first kappa shape index (κ1) is 22.1. The van der Waals surface area contributed by atoms with Crippen LogP contribution in [0.5, 0.6) is 0 Å². The fourth-order valence-electron chi connectivity index (χ4n) is 3.56. The Bertz CT molecular complexity index is 1270. The SMILES string of the molecule is O=C(NCCc1cn([C@H](Cc2ccc3ccccc3c2)C(=O)NO)nn1)c1ccc(F)cc1. The smallest absolute Gasteiger partial charge is 0.268 e. The molecule has 2 amide bonds. The molecule has 168 valence electrons. The summed E-state index contributed by atoms with van der Waals surface area (Å²) in [6, 6.07) is 18.3. The van der Waals surface area contributed by atoms with E-state index < -0.39 is 17.8 Å². The van der Waals surface area contributed by atoms with Gasteiger partial charge in [0.15, 0.2) is 0 Å². The van der Waals surface area contributed by atoms with E-state index in [0.29, 0.717) is 24.1 Å². The number of benzene rings is 3. The van der Waals surface area contributed by atoms with Crippen LogP contribution in [0.25, 0.3) is 10.8 Å². The van der Waals surface area contributed by atoms with Gasteiger partial charge in [0.2, 0.25) is 0 Å². The van der Waals surface area contributed by atoms with Gasteiger partial charge in [0.1, 0.15) is 11.9 Å². The third kappa shape index (κ3) is 5.39. The number of amides is 2. The number of fused-ring (bicyclic) bond motifs is 1. The first-order chi connectivity index (χ1) is 16.0. The Kier molecular flexibility index (Phi) is 6.70. The van der Waals surface area contributed by atoms with Crippen LogP contribution in [0, 0.1) is 5.82 Å². The van der Waals surface area contributed by atoms with E-state index in [-0.39, 0.29) is 12.5 Å². The quantitative estimate of drug-likeness (QED) is 0.284. The minimum absolute atomic E-state index is 0.288. The van der Waals surface area contributed by atoms with E-state index in [1.807, 2.05) is 42.5 Å². The van der Waals surface area contributed by atoms with Crippen molar-refractivity contribution in [2.24, 2.45) is 0 Å². The number of nitrogens with zero attached hydrogens (tertiary/aromatic N) is 3. The molecule has 4 rings (SSSR count). The summed E-state index contributed by atoms with van der Waals surface area (Å²) in [7, 11) is 0. The summed E-state index contributed by atoms with van der Waals surface area (Å²) in [4.78, 5) is 24.5. The largest absolute Gasteiger partial charge is 0.352 e. The van der Waals surface area contributed by atoms with E-state index in [1.54, 1.807) is 11.7 Å². The van der Waals surface area contributed by atoms with Crippen LogP contribution in [0.1, 0.15) is 27.7 Å². The summed E-state index contributed by atoms with van der Waals surface area (Å²) in [5, 5.41) is 22.2. The lowest BCUT2D eigenvalue weighted by Gasteiger charge is -2.15. The van der Waals surface area contributed by atoms with Crippen molar-refractivity contribution < 1.29 is 19.2 Å². The molecule has 1 heterocycles. The van der Waals surface area contributed by atoms with Gasteiger partial charge in [0, 0.05) is 31.1 Å². The molecule has 0 bridgehead atoms. The van der Waals surface area contributed by atoms with E-state index in [2.05, 4.69) is 15.6 Å². The predicted molar refractivity (Wildman–Crippen MR) is 119 cm³/mol. The first-order valence-corrected chi connectivity index (χ1v) is 10.4. The minimum Gasteiger partial charge on any atom is -0.352 e. The van der Waals surface area contributed by atoms with Gasteiger partial charge in [0.05, 0.1) is 5.69 Å². The molecular formula is C24H22FN5O3. The van der Waals surface area contributed by atoms with Crippen LogP contribution in [0.2, 0.25) is 0 Å². The third-order valence-electron chi connectivity index (χ3n) is 5.31. The zero-order valence-electron chi connectivity index (χ0n) is 17.6. The van der Waals surface area contributed by atoms with Crippen LogP contribution in [0.4, 0.5) is 4.39 Å². The molecule has 0 saturated heterocycles. The van der Waals surface area contributed by atoms with Crippen molar-refractivity contribution in [1.29, 1.82) is 0 Å². The Balaban J connectivity index is 1.41. The Morgan fingerprint density at radius 1 is 1.03 bits per heavy atom. The maximum atomic E-state index is 13.0. The Hall–Kier alpha value is -4.11. The van der Waals surface area contributed by atoms with Crippen molar-refractivity contribution in [1.82, 2.24) is 25.8 Å². The van der Waals surface area contributed by atoms with E-state index in [9.17, 15) is 19.2 Å². The lowest BCUT2D eigenvalue weighted by Crippen LogP contribution is -2.32. The summed E-state index contributed by atoms with van der Waals surface area (Å²) < 4.78 is 14.4. The Morgan fingerprint density at radius 2 is 1.79 bits per heavy atom. The van der Waals surface area contributed by atoms with Gasteiger partial charge in [-0.25, -0.2) is 14.6 Å². The van der Waals surface area contributed by atoms with Crippen LogP contribution >= 0.6 is 0 Å². The molecule has 0 spiro atoms. The van der Waals surface area contributed by atoms with Crippen molar-refractivity contribution >= 4 is 22.6 Å². The lowest BCUT2D eigenvalue weighted by atomic mass is 10.0. The fourth-order valence-corrected chi connectivity index (χ4v) is 3.56. The standard InChI is InChI=1S/C24H22FN5O3/c25-20-9-7-18(8-10-20)23(31)26-12-11-21-15-30(29-27-21)22(24(32)28-33)14-16-5-6-17-3-1-2-4-19(17)13-16/h1-10,13,15,22,33H,11-12,14H2,(H,26,31)(H,28,32)/t22-/m1/s1. The van der Waals surface area contributed by atoms with Gasteiger partial charge in [0.25, 0.3) is 11.8 Å². The molecule has 0 aliphatic rings. The van der Waals surface area contributed by atoms with Crippen molar-refractivity contribution in [2.45, 2.75) is 18.9 Å². The van der Waals surface area contributed by atoms with E-state index in [1.165, 1.54) is 28.9 Å². The molecule has 8 nitrogen and oxygen atoms in total. The molecular weight excluding hydrogens is 425 g/mol. The highest BCUT2D eigenvalue weighted by atomic mass is 19.1. The summed E-state index contributed by atoms with van der Waals surface area (Å²) >= 11 is 0. The van der Waals surface area contributed by atoms with Crippen LogP contribution in [0.3, 0.4) is 0 Å². The van der Waals surface area contributed by atoms with Crippen LogP contribution in [0.15, 0.2) is 72.9 Å². The Labute approximate surface area is 189 Å². The number of aromatic nitrogens is 3. The zero-order valence-corrected chi connectivity index (χ0v) is 17.6. The molecule has 0 aliphatic heterocycles. The average molecular weight is 447 g/mol. The van der Waals surface area contributed by atoms with E-state index in [4.69, 9.17) is 0 Å². The molecule has 0 unspecified atom stereocenters. The molecule has 9 heteroatoms. The second kappa shape index (κ2) is 10.0. The van der Waals surface area contributed by atoms with Crippen molar-refractivity contribution in [3.05, 3.63) is 95.6 Å². The topological polar surface area (TPSA) is 109 Å². The monoisotopic (exact) mass is 447 g/mol. The summed E-state index contributed by atoms with van der Waals surface area (Å²) in [6.07, 6.45) is 2.31. The highest BCUT2D eigenvalue weighted by molar-refractivity contribution is 5.94. The summed E-state index contributed by atoms with van der Waals surface area (Å²) in [5.74, 6) is -1.34. The van der Waals surface area contributed by atoms with Gasteiger partial charge in [-0.2, -0.15) is 0 Å². The van der Waals surface area contributed by atoms with Crippen molar-refractivity contribution in [3.8, 4) is 0 Å². The molecule has 0 saturated carbocycles. The number of nitrogens with one attached hydrogen (secondary N) is 2. The number of carbonyl (C=O) groups is 2. The average Bonchev–Trinajstić information content (AvgIpc) is 3.30. The van der Waals surface area contributed by atoms with Gasteiger partial charge >= 0.3 is 0 Å². The molecule has 4 aromatic rings. The van der Waals surface area contributed by atoms with Crippen molar-refractivity contribution in [3.63, 3.8) is 0 Å². The second-order valence-corrected chi connectivity index (χ2v) is 7.58. The van der Waals surface area contributed by atoms with Crippen LogP contribution in [-0.2, 0) is 17.6 Å². The molecule has 0 aliphatic carbocycles. The molecule has 0 fully saturated rings. The minimum atomic E-state index is -0.800. The zero-order chi connectivity index (χ0) is 23.2. The Morgan fingerprint density at radius 3 is 2.55 bits per heavy atom. The third-order valence-corrected chi connectivity index (χ3v) is 5.31. The number of hydrogen-bond donors (Lipinski definition) is 3. The van der Waals surface area contributed by atoms with Gasteiger partial charge in [-0.1, -0.05) is 47.7 Å². The van der Waals surface area contributed by atoms with Gasteiger partial charge < -0.3 is 5.32 Å². The summed E-state index contributed by atoms with van der Waals surface area (Å²) in [6.45, 7) is 0.288. The lowest BCUT2D eigenvalue weighted by molar-refractivity contribution is -0.133. The van der Waals surface area contributed by atoms with Crippen LogP contribution in [-0.4, -0.2) is 38.6 Å². The maximum Gasteiger partial charge on any atom is 0.268 e. The van der Waals surface area contributed by atoms with Gasteiger partial charge in [-0.15, -0.1) is 5.10 Å². The number of halogens is 1. The highest BCUT2D eigenvalue weighted by Crippen LogP contribution is 2.20. The number of carbonyl (C=O) groups excluding carboxylic acids is 2. The predicted octanol–water partition coefficient (Wildman–Crippen LogP) is 2.83. The van der Waals surface area contributed by atoms with E-state index in [0.717, 1.165) is 16.3 Å². The first-order valence-electron chi connectivity index (χ1n) is 10.4. The summed E-state index contributed by atoms with van der Waals surface area (Å²) in [5.41, 5.74) is 3.54.